The molecular weight excluding hydrogens is 456 g/mol. The Kier molecular flexibility index (Phi) is 8.94. The van der Waals surface area contributed by atoms with E-state index in [1.807, 2.05) is 54.6 Å². The van der Waals surface area contributed by atoms with Gasteiger partial charge in [-0.15, -0.1) is 11.8 Å². The standard InChI is InChI=1S/C24H28N4O5S/c1-32-14-13-27-22(25)21(23(30)26-24(27)31)28(16-17-6-4-3-5-7-17)20(29)12-15-34-19-10-8-18(33-2)9-11-19/h3-11H,12-16,25H2,1-2H3,(H,26,30,31). The molecule has 180 valence electrons. The number of rotatable bonds is 11. The predicted molar refractivity (Wildman–Crippen MR) is 134 cm³/mol. The Morgan fingerprint density at radius 3 is 2.44 bits per heavy atom. The summed E-state index contributed by atoms with van der Waals surface area (Å²) in [5, 5.41) is 0. The molecule has 0 aliphatic rings. The van der Waals surface area contributed by atoms with Gasteiger partial charge in [0.2, 0.25) is 5.91 Å². The molecule has 1 aromatic heterocycles. The number of hydrogen-bond acceptors (Lipinski definition) is 7. The van der Waals surface area contributed by atoms with Gasteiger partial charge in [0.05, 0.1) is 26.8 Å². The smallest absolute Gasteiger partial charge is 0.330 e. The van der Waals surface area contributed by atoms with Crippen LogP contribution in [0.2, 0.25) is 0 Å². The van der Waals surface area contributed by atoms with Crippen molar-refractivity contribution in [3.63, 3.8) is 0 Å². The van der Waals surface area contributed by atoms with Crippen molar-refractivity contribution in [2.75, 3.05) is 37.2 Å². The molecule has 0 saturated heterocycles. The summed E-state index contributed by atoms with van der Waals surface area (Å²) < 4.78 is 11.4. The normalized spacial score (nSPS) is 10.8. The van der Waals surface area contributed by atoms with E-state index >= 15 is 0 Å². The van der Waals surface area contributed by atoms with Crippen molar-refractivity contribution in [3.8, 4) is 5.75 Å². The van der Waals surface area contributed by atoms with Crippen LogP contribution in [0.1, 0.15) is 12.0 Å². The molecule has 0 spiro atoms. The molecule has 3 rings (SSSR count). The van der Waals surface area contributed by atoms with Crippen molar-refractivity contribution >= 4 is 29.2 Å². The van der Waals surface area contributed by atoms with Crippen LogP contribution < -0.4 is 26.6 Å². The van der Waals surface area contributed by atoms with Gasteiger partial charge in [-0.2, -0.15) is 0 Å². The topological polar surface area (TPSA) is 120 Å². The number of benzene rings is 2. The highest BCUT2D eigenvalue weighted by Crippen LogP contribution is 2.24. The van der Waals surface area contributed by atoms with Gasteiger partial charge < -0.3 is 20.1 Å². The number of H-pyrrole nitrogens is 1. The van der Waals surface area contributed by atoms with E-state index in [4.69, 9.17) is 15.2 Å². The van der Waals surface area contributed by atoms with Crippen molar-refractivity contribution in [2.24, 2.45) is 0 Å². The van der Waals surface area contributed by atoms with Gasteiger partial charge in [0.1, 0.15) is 11.6 Å². The Morgan fingerprint density at radius 2 is 1.79 bits per heavy atom. The molecule has 0 aliphatic carbocycles. The first-order chi connectivity index (χ1) is 16.4. The van der Waals surface area contributed by atoms with Crippen LogP contribution in [0.5, 0.6) is 5.75 Å². The molecule has 9 nitrogen and oxygen atoms in total. The first-order valence-corrected chi connectivity index (χ1v) is 11.7. The van der Waals surface area contributed by atoms with E-state index in [1.165, 1.54) is 28.3 Å². The summed E-state index contributed by atoms with van der Waals surface area (Å²) in [6.07, 6.45) is 0.166. The third kappa shape index (κ3) is 6.30. The van der Waals surface area contributed by atoms with Crippen molar-refractivity contribution in [1.82, 2.24) is 9.55 Å². The van der Waals surface area contributed by atoms with E-state index in [-0.39, 0.29) is 43.5 Å². The number of carbonyl (C=O) groups is 1. The number of nitrogens with zero attached hydrogens (tertiary/aromatic N) is 2. The molecule has 10 heteroatoms. The molecule has 0 unspecified atom stereocenters. The zero-order chi connectivity index (χ0) is 24.5. The van der Waals surface area contributed by atoms with Gasteiger partial charge in [0, 0.05) is 24.2 Å². The van der Waals surface area contributed by atoms with Gasteiger partial charge in [-0.05, 0) is 29.8 Å². The summed E-state index contributed by atoms with van der Waals surface area (Å²) in [6.45, 7) is 0.509. The lowest BCUT2D eigenvalue weighted by atomic mass is 10.2. The minimum atomic E-state index is -0.705. The number of anilines is 2. The maximum absolute atomic E-state index is 13.3. The summed E-state index contributed by atoms with van der Waals surface area (Å²) in [7, 11) is 3.10. The fraction of sp³-hybridized carbons (Fsp3) is 0.292. The Labute approximate surface area is 201 Å². The quantitative estimate of drug-likeness (QED) is 0.401. The zero-order valence-electron chi connectivity index (χ0n) is 19.2. The first-order valence-electron chi connectivity index (χ1n) is 10.7. The number of thioether (sulfide) groups is 1. The van der Waals surface area contributed by atoms with Gasteiger partial charge in [-0.3, -0.25) is 19.1 Å². The molecule has 1 amide bonds. The molecule has 3 N–H and O–H groups in total. The van der Waals surface area contributed by atoms with Gasteiger partial charge in [-0.25, -0.2) is 4.79 Å². The Balaban J connectivity index is 1.87. The molecule has 0 radical (unpaired) electrons. The highest BCUT2D eigenvalue weighted by atomic mass is 32.2. The van der Waals surface area contributed by atoms with Crippen LogP contribution in [0, 0.1) is 0 Å². The fourth-order valence-corrected chi connectivity index (χ4v) is 4.20. The van der Waals surface area contributed by atoms with Gasteiger partial charge in [0.15, 0.2) is 5.69 Å². The summed E-state index contributed by atoms with van der Waals surface area (Å²) >= 11 is 1.52. The minimum Gasteiger partial charge on any atom is -0.497 e. The monoisotopic (exact) mass is 484 g/mol. The number of nitrogens with one attached hydrogen (secondary N) is 1. The van der Waals surface area contributed by atoms with E-state index < -0.39 is 11.2 Å². The zero-order valence-corrected chi connectivity index (χ0v) is 20.0. The molecule has 0 bridgehead atoms. The van der Waals surface area contributed by atoms with Crippen LogP contribution in [-0.4, -0.2) is 42.0 Å². The lowest BCUT2D eigenvalue weighted by molar-refractivity contribution is -0.118. The summed E-state index contributed by atoms with van der Waals surface area (Å²) in [4.78, 5) is 43.0. The molecule has 0 aliphatic heterocycles. The molecule has 0 fully saturated rings. The van der Waals surface area contributed by atoms with E-state index in [2.05, 4.69) is 4.98 Å². The number of nitrogens with two attached hydrogens (primary N) is 1. The number of nitrogen functional groups attached to an aromatic ring is 1. The second-order valence-corrected chi connectivity index (χ2v) is 8.55. The third-order valence-corrected chi connectivity index (χ3v) is 6.15. The molecule has 34 heavy (non-hydrogen) atoms. The molecule has 0 saturated carbocycles. The second kappa shape index (κ2) is 12.1. The molecule has 1 heterocycles. The number of aromatic amines is 1. The van der Waals surface area contributed by atoms with Gasteiger partial charge in [-0.1, -0.05) is 30.3 Å². The molecule has 0 atom stereocenters. The summed E-state index contributed by atoms with van der Waals surface area (Å²) in [6, 6.07) is 16.8. The fourth-order valence-electron chi connectivity index (χ4n) is 3.36. The second-order valence-electron chi connectivity index (χ2n) is 7.38. The van der Waals surface area contributed by atoms with Crippen LogP contribution in [0.25, 0.3) is 0 Å². The highest BCUT2D eigenvalue weighted by Gasteiger charge is 2.24. The van der Waals surface area contributed by atoms with E-state index in [1.54, 1.807) is 7.11 Å². The lowest BCUT2D eigenvalue weighted by Gasteiger charge is -2.24. The number of amides is 1. The van der Waals surface area contributed by atoms with Crippen molar-refractivity contribution in [2.45, 2.75) is 24.4 Å². The molecule has 3 aromatic rings. The number of methoxy groups -OCH3 is 2. The number of ether oxygens (including phenoxy) is 2. The van der Waals surface area contributed by atoms with Gasteiger partial charge >= 0.3 is 5.69 Å². The maximum Gasteiger partial charge on any atom is 0.330 e. The average Bonchev–Trinajstić information content (AvgIpc) is 2.84. The SMILES string of the molecule is COCCn1c(N)c(N(Cc2ccccc2)C(=O)CCSc2ccc(OC)cc2)c(=O)[nH]c1=O. The van der Waals surface area contributed by atoms with Crippen LogP contribution in [0.4, 0.5) is 11.5 Å². The number of aromatic nitrogens is 2. The lowest BCUT2D eigenvalue weighted by Crippen LogP contribution is -2.41. The largest absolute Gasteiger partial charge is 0.497 e. The molecular formula is C24H28N4O5S. The van der Waals surface area contributed by atoms with Crippen LogP contribution in [0.15, 0.2) is 69.1 Å². The summed E-state index contributed by atoms with van der Waals surface area (Å²) in [5.74, 6) is 0.905. The maximum atomic E-state index is 13.3. The van der Waals surface area contributed by atoms with Crippen LogP contribution in [0.3, 0.4) is 0 Å². The van der Waals surface area contributed by atoms with Crippen molar-refractivity contribution in [1.29, 1.82) is 0 Å². The van der Waals surface area contributed by atoms with E-state index in [9.17, 15) is 14.4 Å². The van der Waals surface area contributed by atoms with Crippen molar-refractivity contribution < 1.29 is 14.3 Å². The highest BCUT2D eigenvalue weighted by molar-refractivity contribution is 7.99. The Bertz CT molecular complexity index is 1210. The van der Waals surface area contributed by atoms with E-state index in [0.29, 0.717) is 5.75 Å². The number of carbonyl (C=O) groups excluding carboxylic acids is 1. The minimum absolute atomic E-state index is 0.0426. The van der Waals surface area contributed by atoms with Crippen LogP contribution in [-0.2, 0) is 22.6 Å². The average molecular weight is 485 g/mol. The third-order valence-electron chi connectivity index (χ3n) is 5.13. The Morgan fingerprint density at radius 1 is 1.09 bits per heavy atom. The van der Waals surface area contributed by atoms with E-state index in [0.717, 1.165) is 16.2 Å². The number of hydrogen-bond donors (Lipinski definition) is 2. The van der Waals surface area contributed by atoms with Gasteiger partial charge in [0.25, 0.3) is 5.56 Å². The Hall–Kier alpha value is -3.50. The molecule has 2 aromatic carbocycles. The summed E-state index contributed by atoms with van der Waals surface area (Å²) in [5.41, 5.74) is 5.67. The van der Waals surface area contributed by atoms with Crippen LogP contribution >= 0.6 is 11.8 Å². The first kappa shape index (κ1) is 25.1. The van der Waals surface area contributed by atoms with Crippen molar-refractivity contribution in [3.05, 3.63) is 81.0 Å². The predicted octanol–water partition coefficient (Wildman–Crippen LogP) is 2.49.